The van der Waals surface area contributed by atoms with Crippen LogP contribution in [0.4, 0.5) is 0 Å². The topological polar surface area (TPSA) is 94.1 Å². The Bertz CT molecular complexity index is 777. The lowest BCUT2D eigenvalue weighted by molar-refractivity contribution is -0.870. The number of carbonyl (C=O) groups excluding carboxylic acids is 1. The van der Waals surface area contributed by atoms with Crippen LogP contribution in [-0.2, 0) is 27.9 Å². The Morgan fingerprint density at radius 2 is 0.920 bits per heavy atom. The number of unbranched alkanes of at least 4 members (excludes halogenated alkanes) is 26. The number of quaternary nitrogens is 1. The molecule has 0 rings (SSSR count). The van der Waals surface area contributed by atoms with Crippen LogP contribution in [0.25, 0.3) is 0 Å². The zero-order chi connectivity index (χ0) is 37.0. The lowest BCUT2D eigenvalue weighted by Crippen LogP contribution is -2.37. The van der Waals surface area contributed by atoms with E-state index in [1.807, 2.05) is 21.1 Å². The minimum atomic E-state index is -4.51. The Morgan fingerprint density at radius 1 is 0.540 bits per heavy atom. The molecular weight excluding hydrogens is 649 g/mol. The Kier molecular flexibility index (Phi) is 35.2. The fourth-order valence-electron chi connectivity index (χ4n) is 6.08. The van der Waals surface area contributed by atoms with E-state index < -0.39 is 13.9 Å². The highest BCUT2D eigenvalue weighted by Crippen LogP contribution is 2.38. The van der Waals surface area contributed by atoms with E-state index in [4.69, 9.17) is 18.5 Å². The molecule has 0 amide bonds. The van der Waals surface area contributed by atoms with Gasteiger partial charge < -0.3 is 27.9 Å². The van der Waals surface area contributed by atoms with Crippen LogP contribution in [0.3, 0.4) is 0 Å². The first-order valence-electron chi connectivity index (χ1n) is 21.3. The van der Waals surface area contributed by atoms with Gasteiger partial charge in [-0.2, -0.15) is 0 Å². The van der Waals surface area contributed by atoms with Gasteiger partial charge in [0, 0.05) is 13.0 Å². The predicted octanol–water partition coefficient (Wildman–Crippen LogP) is 11.5. The highest BCUT2D eigenvalue weighted by atomic mass is 31.2. The molecule has 0 N–H and O–H groups in total. The maximum absolute atomic E-state index is 12.6. The van der Waals surface area contributed by atoms with Crippen molar-refractivity contribution in [3.05, 3.63) is 0 Å². The highest BCUT2D eigenvalue weighted by molar-refractivity contribution is 7.45. The van der Waals surface area contributed by atoms with Crippen molar-refractivity contribution in [1.29, 1.82) is 0 Å². The van der Waals surface area contributed by atoms with Gasteiger partial charge in [-0.1, -0.05) is 181 Å². The number of nitrogens with zero attached hydrogens (tertiary/aromatic N) is 1. The number of carbonyl (C=O) groups is 1. The number of likely N-dealkylation sites (N-methyl/N-ethyl adjacent to an activating group) is 1. The largest absolute Gasteiger partial charge is 0.756 e. The van der Waals surface area contributed by atoms with E-state index in [1.165, 1.54) is 148 Å². The summed E-state index contributed by atoms with van der Waals surface area (Å²) in [7, 11) is 1.37. The SMILES string of the molecule is CCCCCCCCCCCCCCCCCC(=O)OC(COCCCCCCCCCCCCCCC)COP(=O)([O-])OCC[N+](C)(C)C. The monoisotopic (exact) mass is 734 g/mol. The van der Waals surface area contributed by atoms with Gasteiger partial charge in [0.15, 0.2) is 0 Å². The molecule has 0 aliphatic rings. The number of rotatable bonds is 40. The van der Waals surface area contributed by atoms with Gasteiger partial charge in [-0.3, -0.25) is 9.36 Å². The summed E-state index contributed by atoms with van der Waals surface area (Å²) in [6.45, 7) is 5.46. The molecule has 0 saturated carbocycles. The molecule has 0 aromatic rings. The van der Waals surface area contributed by atoms with E-state index >= 15 is 0 Å². The molecule has 9 heteroatoms. The zero-order valence-electron chi connectivity index (χ0n) is 33.9. The number of esters is 1. The number of hydrogen-bond acceptors (Lipinski definition) is 7. The van der Waals surface area contributed by atoms with E-state index in [2.05, 4.69) is 13.8 Å². The Balaban J connectivity index is 4.21. The third-order valence-electron chi connectivity index (χ3n) is 9.41. The molecular formula is C41H84NO7P. The van der Waals surface area contributed by atoms with Crippen molar-refractivity contribution in [2.75, 3.05) is 54.1 Å². The molecule has 0 fully saturated rings. The first-order chi connectivity index (χ1) is 24.1. The van der Waals surface area contributed by atoms with E-state index in [0.29, 0.717) is 24.1 Å². The van der Waals surface area contributed by atoms with Crippen LogP contribution in [0.15, 0.2) is 0 Å². The number of phosphoric acid groups is 1. The third kappa shape index (κ3) is 38.7. The Morgan fingerprint density at radius 3 is 1.32 bits per heavy atom. The van der Waals surface area contributed by atoms with E-state index in [9.17, 15) is 14.3 Å². The summed E-state index contributed by atoms with van der Waals surface area (Å²) in [5.74, 6) is -0.329. The normalized spacial score (nSPS) is 13.8. The molecule has 50 heavy (non-hydrogen) atoms. The molecule has 0 heterocycles. The standard InChI is InChI=1S/C41H84NO7P/c1-6-8-10-12-14-16-18-20-21-22-24-26-28-30-32-34-41(43)49-40(39-48-50(44,45)47-37-35-42(3,4)5)38-46-36-33-31-29-27-25-23-19-17-15-13-11-9-7-2/h40H,6-39H2,1-5H3. The van der Waals surface area contributed by atoms with Gasteiger partial charge in [-0.15, -0.1) is 0 Å². The van der Waals surface area contributed by atoms with Crippen molar-refractivity contribution in [1.82, 2.24) is 0 Å². The maximum atomic E-state index is 12.6. The van der Waals surface area contributed by atoms with Crippen molar-refractivity contribution in [2.45, 2.75) is 206 Å². The van der Waals surface area contributed by atoms with Crippen LogP contribution in [-0.4, -0.2) is 70.7 Å². The van der Waals surface area contributed by atoms with E-state index in [1.54, 1.807) is 0 Å². The molecule has 0 spiro atoms. The number of hydrogen-bond donors (Lipinski definition) is 0. The molecule has 0 aromatic carbocycles. The van der Waals surface area contributed by atoms with Crippen LogP contribution < -0.4 is 4.89 Å². The van der Waals surface area contributed by atoms with E-state index in [-0.39, 0.29) is 25.8 Å². The number of phosphoric ester groups is 1. The maximum Gasteiger partial charge on any atom is 0.306 e. The van der Waals surface area contributed by atoms with Crippen LogP contribution in [0.5, 0.6) is 0 Å². The summed E-state index contributed by atoms with van der Waals surface area (Å²) in [5, 5.41) is 0. The minimum Gasteiger partial charge on any atom is -0.756 e. The summed E-state index contributed by atoms with van der Waals surface area (Å²) in [6, 6.07) is 0. The summed E-state index contributed by atoms with van der Waals surface area (Å²) in [4.78, 5) is 25.0. The molecule has 0 aliphatic carbocycles. The Labute approximate surface area is 310 Å². The average molecular weight is 734 g/mol. The lowest BCUT2D eigenvalue weighted by atomic mass is 10.0. The Hall–Kier alpha value is -0.500. The van der Waals surface area contributed by atoms with Gasteiger partial charge in [-0.05, 0) is 12.8 Å². The lowest BCUT2D eigenvalue weighted by Gasteiger charge is -2.28. The van der Waals surface area contributed by atoms with Gasteiger partial charge in [0.05, 0.1) is 34.4 Å². The quantitative estimate of drug-likeness (QED) is 0.0268. The fourth-order valence-corrected chi connectivity index (χ4v) is 6.81. The van der Waals surface area contributed by atoms with Crippen LogP contribution >= 0.6 is 7.82 Å². The van der Waals surface area contributed by atoms with Gasteiger partial charge in [0.1, 0.15) is 19.3 Å². The van der Waals surface area contributed by atoms with Crippen molar-refractivity contribution in [3.63, 3.8) is 0 Å². The third-order valence-corrected chi connectivity index (χ3v) is 10.4. The zero-order valence-corrected chi connectivity index (χ0v) is 34.8. The molecule has 0 aromatic heterocycles. The minimum absolute atomic E-state index is 0.0312. The summed E-state index contributed by atoms with van der Waals surface area (Å²) < 4.78 is 34.5. The van der Waals surface area contributed by atoms with Crippen molar-refractivity contribution < 1.29 is 37.3 Å². The first-order valence-corrected chi connectivity index (χ1v) is 22.7. The molecule has 8 nitrogen and oxygen atoms in total. The molecule has 0 radical (unpaired) electrons. The second-order valence-corrected chi connectivity index (χ2v) is 17.1. The summed E-state index contributed by atoms with van der Waals surface area (Å²) >= 11 is 0. The van der Waals surface area contributed by atoms with Gasteiger partial charge in [0.2, 0.25) is 0 Å². The second-order valence-electron chi connectivity index (χ2n) is 15.7. The fraction of sp³-hybridized carbons (Fsp3) is 0.976. The van der Waals surface area contributed by atoms with Crippen LogP contribution in [0.1, 0.15) is 200 Å². The second kappa shape index (κ2) is 35.5. The predicted molar refractivity (Wildman–Crippen MR) is 208 cm³/mol. The van der Waals surface area contributed by atoms with Crippen LogP contribution in [0, 0.1) is 0 Å². The molecule has 2 atom stereocenters. The smallest absolute Gasteiger partial charge is 0.306 e. The summed E-state index contributed by atoms with van der Waals surface area (Å²) in [6.07, 6.45) is 35.3. The van der Waals surface area contributed by atoms with E-state index in [0.717, 1.165) is 32.1 Å². The molecule has 2 unspecified atom stereocenters. The molecule has 0 bridgehead atoms. The summed E-state index contributed by atoms with van der Waals surface area (Å²) in [5.41, 5.74) is 0. The van der Waals surface area contributed by atoms with Crippen molar-refractivity contribution in [3.8, 4) is 0 Å². The average Bonchev–Trinajstić information content (AvgIpc) is 3.06. The first kappa shape index (κ1) is 49.5. The van der Waals surface area contributed by atoms with Crippen molar-refractivity contribution >= 4 is 13.8 Å². The molecule has 0 saturated heterocycles. The number of ether oxygens (including phenoxy) is 2. The van der Waals surface area contributed by atoms with Crippen molar-refractivity contribution in [2.24, 2.45) is 0 Å². The van der Waals surface area contributed by atoms with Gasteiger partial charge in [-0.25, -0.2) is 0 Å². The highest BCUT2D eigenvalue weighted by Gasteiger charge is 2.20. The van der Waals surface area contributed by atoms with Gasteiger partial charge in [0.25, 0.3) is 7.82 Å². The molecule has 0 aliphatic heterocycles. The molecule has 300 valence electrons. The van der Waals surface area contributed by atoms with Gasteiger partial charge >= 0.3 is 5.97 Å². The van der Waals surface area contributed by atoms with Crippen LogP contribution in [0.2, 0.25) is 0 Å².